The average Bonchev–Trinajstić information content (AvgIpc) is 2.55. The molecular weight excluding hydrogens is 286 g/mol. The van der Waals surface area contributed by atoms with Crippen LogP contribution in [-0.4, -0.2) is 42.5 Å². The van der Waals surface area contributed by atoms with Crippen molar-refractivity contribution in [3.05, 3.63) is 65.7 Å². The number of nitrogens with zero attached hydrogens (tertiary/aromatic N) is 2. The van der Waals surface area contributed by atoms with Crippen LogP contribution >= 0.6 is 0 Å². The highest BCUT2D eigenvalue weighted by atomic mass is 16.2. The highest BCUT2D eigenvalue weighted by Crippen LogP contribution is 2.25. The Kier molecular flexibility index (Phi) is 4.63. The molecule has 0 spiro atoms. The van der Waals surface area contributed by atoms with Crippen molar-refractivity contribution >= 4 is 11.7 Å². The molecule has 1 aliphatic heterocycles. The van der Waals surface area contributed by atoms with Crippen molar-refractivity contribution in [1.29, 1.82) is 0 Å². The van der Waals surface area contributed by atoms with Crippen molar-refractivity contribution in [3.8, 4) is 0 Å². The van der Waals surface area contributed by atoms with Gasteiger partial charge in [0.25, 0.3) is 0 Å². The van der Waals surface area contributed by atoms with E-state index in [1.165, 1.54) is 5.56 Å². The number of hydrogen-bond donors (Lipinski definition) is 1. The summed E-state index contributed by atoms with van der Waals surface area (Å²) in [6.45, 7) is 4.50. The molecule has 0 bridgehead atoms. The van der Waals surface area contributed by atoms with Gasteiger partial charge < -0.3 is 15.1 Å². The van der Waals surface area contributed by atoms with Gasteiger partial charge in [-0.25, -0.2) is 4.79 Å². The second-order valence-electron chi connectivity index (χ2n) is 6.18. The van der Waals surface area contributed by atoms with Crippen molar-refractivity contribution < 1.29 is 4.79 Å². The first-order valence-electron chi connectivity index (χ1n) is 8.01. The van der Waals surface area contributed by atoms with Crippen molar-refractivity contribution in [3.63, 3.8) is 0 Å². The minimum Gasteiger partial charge on any atom is -0.315 e. The summed E-state index contributed by atoms with van der Waals surface area (Å²) in [5.41, 5.74) is 3.17. The van der Waals surface area contributed by atoms with E-state index in [-0.39, 0.29) is 12.1 Å². The van der Waals surface area contributed by atoms with E-state index in [1.54, 1.807) is 0 Å². The number of rotatable bonds is 2. The second kappa shape index (κ2) is 6.84. The maximum atomic E-state index is 12.8. The third-order valence-corrected chi connectivity index (χ3v) is 4.30. The predicted octanol–water partition coefficient (Wildman–Crippen LogP) is 3.52. The third-order valence-electron chi connectivity index (χ3n) is 4.30. The zero-order chi connectivity index (χ0) is 16.2. The Labute approximate surface area is 137 Å². The summed E-state index contributed by atoms with van der Waals surface area (Å²) < 4.78 is 0. The highest BCUT2D eigenvalue weighted by molar-refractivity contribution is 5.89. The molecule has 23 heavy (non-hydrogen) atoms. The number of aryl methyl sites for hydroxylation is 1. The van der Waals surface area contributed by atoms with Crippen LogP contribution in [-0.2, 0) is 0 Å². The number of likely N-dealkylation sites (N-methyl/N-ethyl adjacent to an activating group) is 1. The molecule has 2 aromatic rings. The molecule has 0 aromatic heterocycles. The van der Waals surface area contributed by atoms with Crippen molar-refractivity contribution in [2.75, 3.05) is 32.0 Å². The number of carbonyl (C=O) groups is 1. The van der Waals surface area contributed by atoms with Gasteiger partial charge >= 0.3 is 6.03 Å². The lowest BCUT2D eigenvalue weighted by Crippen LogP contribution is -2.50. The van der Waals surface area contributed by atoms with Gasteiger partial charge in [-0.1, -0.05) is 42.5 Å². The number of benzene rings is 2. The zero-order valence-electron chi connectivity index (χ0n) is 13.7. The Balaban J connectivity index is 1.79. The van der Waals surface area contributed by atoms with E-state index >= 15 is 0 Å². The number of nitrogens with one attached hydrogen (secondary N) is 1. The van der Waals surface area contributed by atoms with E-state index in [9.17, 15) is 4.79 Å². The first kappa shape index (κ1) is 15.6. The summed E-state index contributed by atoms with van der Waals surface area (Å²) in [5, 5.41) is 3.04. The van der Waals surface area contributed by atoms with E-state index in [1.807, 2.05) is 54.3 Å². The molecular formula is C19H23N3O. The summed E-state index contributed by atoms with van der Waals surface area (Å²) in [6.07, 6.45) is 0. The molecule has 3 rings (SSSR count). The van der Waals surface area contributed by atoms with Gasteiger partial charge in [-0.15, -0.1) is 0 Å². The third kappa shape index (κ3) is 3.71. The molecule has 1 fully saturated rings. The SMILES string of the molecule is Cc1cccc(NC(=O)N2CCN(C)CC2c2ccccc2)c1. The smallest absolute Gasteiger partial charge is 0.315 e. The Hall–Kier alpha value is -2.33. The predicted molar refractivity (Wildman–Crippen MR) is 93.6 cm³/mol. The van der Waals surface area contributed by atoms with Gasteiger partial charge in [0.2, 0.25) is 0 Å². The number of anilines is 1. The Morgan fingerprint density at radius 2 is 1.87 bits per heavy atom. The monoisotopic (exact) mass is 309 g/mol. The Bertz CT molecular complexity index is 671. The van der Waals surface area contributed by atoms with E-state index < -0.39 is 0 Å². The maximum Gasteiger partial charge on any atom is 0.322 e. The van der Waals surface area contributed by atoms with Gasteiger partial charge in [-0.3, -0.25) is 0 Å². The topological polar surface area (TPSA) is 35.6 Å². The summed E-state index contributed by atoms with van der Waals surface area (Å²) >= 11 is 0. The first-order chi connectivity index (χ1) is 11.1. The molecule has 1 atom stereocenters. The number of carbonyl (C=O) groups excluding carboxylic acids is 1. The van der Waals surface area contributed by atoms with Crippen LogP contribution in [0.3, 0.4) is 0 Å². The first-order valence-corrected chi connectivity index (χ1v) is 8.01. The van der Waals surface area contributed by atoms with Crippen molar-refractivity contribution in [2.24, 2.45) is 0 Å². The van der Waals surface area contributed by atoms with Crippen molar-refractivity contribution in [2.45, 2.75) is 13.0 Å². The fourth-order valence-corrected chi connectivity index (χ4v) is 3.04. The average molecular weight is 309 g/mol. The molecule has 0 radical (unpaired) electrons. The maximum absolute atomic E-state index is 12.8. The van der Waals surface area contributed by atoms with Gasteiger partial charge in [0.05, 0.1) is 6.04 Å². The lowest BCUT2D eigenvalue weighted by Gasteiger charge is -2.40. The molecule has 4 heteroatoms. The molecule has 4 nitrogen and oxygen atoms in total. The second-order valence-corrected chi connectivity index (χ2v) is 6.18. The minimum absolute atomic E-state index is 0.0300. The fourth-order valence-electron chi connectivity index (χ4n) is 3.04. The van der Waals surface area contributed by atoms with E-state index in [0.29, 0.717) is 0 Å². The Morgan fingerprint density at radius 1 is 1.09 bits per heavy atom. The van der Waals surface area contributed by atoms with Crippen LogP contribution in [0.1, 0.15) is 17.2 Å². The number of piperazine rings is 1. The quantitative estimate of drug-likeness (QED) is 0.921. The lowest BCUT2D eigenvalue weighted by molar-refractivity contribution is 0.117. The summed E-state index contributed by atoms with van der Waals surface area (Å²) in [4.78, 5) is 17.0. The number of urea groups is 1. The largest absolute Gasteiger partial charge is 0.322 e. The fraction of sp³-hybridized carbons (Fsp3) is 0.316. The van der Waals surface area contributed by atoms with Crippen LogP contribution in [0.15, 0.2) is 54.6 Å². The number of hydrogen-bond acceptors (Lipinski definition) is 2. The molecule has 0 saturated carbocycles. The van der Waals surface area contributed by atoms with Crippen LogP contribution in [0.4, 0.5) is 10.5 Å². The van der Waals surface area contributed by atoms with E-state index in [0.717, 1.165) is 30.9 Å². The van der Waals surface area contributed by atoms with E-state index in [4.69, 9.17) is 0 Å². The zero-order valence-corrected chi connectivity index (χ0v) is 13.7. The molecule has 1 unspecified atom stereocenters. The Morgan fingerprint density at radius 3 is 2.61 bits per heavy atom. The molecule has 0 aliphatic carbocycles. The minimum atomic E-state index is -0.0300. The molecule has 2 aromatic carbocycles. The van der Waals surface area contributed by atoms with E-state index in [2.05, 4.69) is 29.4 Å². The summed E-state index contributed by atoms with van der Waals surface area (Å²) in [7, 11) is 2.10. The van der Waals surface area contributed by atoms with Crippen LogP contribution in [0.25, 0.3) is 0 Å². The van der Waals surface area contributed by atoms with Gasteiger partial charge in [-0.2, -0.15) is 0 Å². The van der Waals surface area contributed by atoms with Crippen LogP contribution in [0.5, 0.6) is 0 Å². The van der Waals surface area contributed by atoms with Gasteiger partial charge in [0.1, 0.15) is 0 Å². The summed E-state index contributed by atoms with van der Waals surface area (Å²) in [6, 6.07) is 18.2. The lowest BCUT2D eigenvalue weighted by atomic mass is 10.0. The summed E-state index contributed by atoms with van der Waals surface area (Å²) in [5.74, 6) is 0. The van der Waals surface area contributed by atoms with Gasteiger partial charge in [0.15, 0.2) is 0 Å². The van der Waals surface area contributed by atoms with Crippen LogP contribution in [0.2, 0.25) is 0 Å². The normalized spacial score (nSPS) is 18.7. The number of amides is 2. The highest BCUT2D eigenvalue weighted by Gasteiger charge is 2.30. The van der Waals surface area contributed by atoms with Crippen molar-refractivity contribution in [1.82, 2.24) is 9.80 Å². The molecule has 2 amide bonds. The van der Waals surface area contributed by atoms with Crippen LogP contribution in [0, 0.1) is 6.92 Å². The molecule has 120 valence electrons. The molecule has 1 aliphatic rings. The standard InChI is InChI=1S/C19H23N3O/c1-15-7-6-10-17(13-15)20-19(23)22-12-11-21(2)14-18(22)16-8-4-3-5-9-16/h3-10,13,18H,11-12,14H2,1-2H3,(H,20,23). The molecule has 1 saturated heterocycles. The molecule has 1 heterocycles. The van der Waals surface area contributed by atoms with Gasteiger partial charge in [-0.05, 0) is 37.2 Å². The van der Waals surface area contributed by atoms with Gasteiger partial charge in [0, 0.05) is 25.3 Å². The molecule has 1 N–H and O–H groups in total. The van der Waals surface area contributed by atoms with Crippen LogP contribution < -0.4 is 5.32 Å².